The zero-order valence-corrected chi connectivity index (χ0v) is 13.1. The summed E-state index contributed by atoms with van der Waals surface area (Å²) in [5, 5.41) is 8.92. The van der Waals surface area contributed by atoms with Gasteiger partial charge in [-0.25, -0.2) is 22.3 Å². The number of hydrogen-bond acceptors (Lipinski definition) is 3. The average Bonchev–Trinajstić information content (AvgIpc) is 2.42. The normalized spacial score (nSPS) is 11.9. The first kappa shape index (κ1) is 17.6. The molecular formula is C14H20FNO4S. The van der Waals surface area contributed by atoms with Crippen molar-refractivity contribution in [2.75, 3.05) is 6.54 Å². The molecule has 0 bridgehead atoms. The second-order valence-electron chi connectivity index (χ2n) is 4.94. The van der Waals surface area contributed by atoms with Crippen LogP contribution in [-0.2, 0) is 10.0 Å². The van der Waals surface area contributed by atoms with Crippen molar-refractivity contribution < 1.29 is 22.7 Å². The van der Waals surface area contributed by atoms with Crippen molar-refractivity contribution in [1.82, 2.24) is 4.72 Å². The molecule has 2 N–H and O–H groups in total. The molecule has 1 aromatic rings. The molecule has 0 amide bonds. The number of rotatable bonds is 7. The SMILES string of the molecule is CCC(CC)CNS(=O)(=O)c1cc(C)c(F)c(C(=O)O)c1. The van der Waals surface area contributed by atoms with E-state index in [0.29, 0.717) is 0 Å². The Morgan fingerprint density at radius 3 is 2.38 bits per heavy atom. The molecule has 0 spiro atoms. The van der Waals surface area contributed by atoms with Crippen molar-refractivity contribution in [2.45, 2.75) is 38.5 Å². The Bertz CT molecular complexity index is 624. The summed E-state index contributed by atoms with van der Waals surface area (Å²) < 4.78 is 40.5. The van der Waals surface area contributed by atoms with Gasteiger partial charge < -0.3 is 5.11 Å². The van der Waals surface area contributed by atoms with E-state index in [1.165, 1.54) is 6.92 Å². The van der Waals surface area contributed by atoms with Crippen molar-refractivity contribution >= 4 is 16.0 Å². The van der Waals surface area contributed by atoms with Crippen molar-refractivity contribution in [3.05, 3.63) is 29.1 Å². The van der Waals surface area contributed by atoms with E-state index in [-0.39, 0.29) is 22.9 Å². The van der Waals surface area contributed by atoms with Crippen LogP contribution in [0.5, 0.6) is 0 Å². The first-order valence-corrected chi connectivity index (χ1v) is 8.24. The highest BCUT2D eigenvalue weighted by atomic mass is 32.2. The molecule has 0 saturated heterocycles. The van der Waals surface area contributed by atoms with E-state index in [9.17, 15) is 17.6 Å². The van der Waals surface area contributed by atoms with E-state index in [1.807, 2.05) is 13.8 Å². The number of hydrogen-bond donors (Lipinski definition) is 2. The van der Waals surface area contributed by atoms with Crippen molar-refractivity contribution in [1.29, 1.82) is 0 Å². The Labute approximate surface area is 124 Å². The largest absolute Gasteiger partial charge is 0.478 e. The first-order valence-electron chi connectivity index (χ1n) is 6.76. The van der Waals surface area contributed by atoms with E-state index >= 15 is 0 Å². The Morgan fingerprint density at radius 2 is 1.90 bits per heavy atom. The van der Waals surface area contributed by atoms with E-state index < -0.39 is 27.4 Å². The molecule has 0 saturated carbocycles. The maximum absolute atomic E-state index is 13.6. The Morgan fingerprint density at radius 1 is 1.33 bits per heavy atom. The van der Waals surface area contributed by atoms with Gasteiger partial charge in [0.25, 0.3) is 0 Å². The van der Waals surface area contributed by atoms with Crippen LogP contribution in [0.3, 0.4) is 0 Å². The number of carbonyl (C=O) groups is 1. The molecule has 5 nitrogen and oxygen atoms in total. The lowest BCUT2D eigenvalue weighted by atomic mass is 10.0. The minimum Gasteiger partial charge on any atom is -0.478 e. The van der Waals surface area contributed by atoms with E-state index in [1.54, 1.807) is 0 Å². The molecule has 1 aromatic carbocycles. The summed E-state index contributed by atoms with van der Waals surface area (Å²) in [4.78, 5) is 10.7. The fourth-order valence-electron chi connectivity index (χ4n) is 1.94. The Hall–Kier alpha value is -1.47. The summed E-state index contributed by atoms with van der Waals surface area (Å²) in [5.41, 5.74) is -0.657. The van der Waals surface area contributed by atoms with Gasteiger partial charge >= 0.3 is 5.97 Å². The molecule has 21 heavy (non-hydrogen) atoms. The molecule has 0 aliphatic carbocycles. The quantitative estimate of drug-likeness (QED) is 0.809. The molecule has 0 fully saturated rings. The highest BCUT2D eigenvalue weighted by Gasteiger charge is 2.21. The van der Waals surface area contributed by atoms with Crippen LogP contribution in [0.25, 0.3) is 0 Å². The highest BCUT2D eigenvalue weighted by molar-refractivity contribution is 7.89. The van der Waals surface area contributed by atoms with Gasteiger partial charge in [0.05, 0.1) is 10.5 Å². The summed E-state index contributed by atoms with van der Waals surface area (Å²) in [6.07, 6.45) is 1.67. The predicted molar refractivity (Wildman–Crippen MR) is 77.4 cm³/mol. The molecule has 0 radical (unpaired) electrons. The van der Waals surface area contributed by atoms with E-state index in [4.69, 9.17) is 5.11 Å². The number of benzene rings is 1. The molecule has 0 aliphatic rings. The summed E-state index contributed by atoms with van der Waals surface area (Å²) in [6.45, 7) is 5.54. The summed E-state index contributed by atoms with van der Waals surface area (Å²) in [6, 6.07) is 1.98. The lowest BCUT2D eigenvalue weighted by Gasteiger charge is -2.14. The van der Waals surface area contributed by atoms with Gasteiger partial charge in [0, 0.05) is 6.54 Å². The topological polar surface area (TPSA) is 83.5 Å². The smallest absolute Gasteiger partial charge is 0.338 e. The summed E-state index contributed by atoms with van der Waals surface area (Å²) >= 11 is 0. The second kappa shape index (κ2) is 7.00. The van der Waals surface area contributed by atoms with Crippen LogP contribution in [0.4, 0.5) is 4.39 Å². The lowest BCUT2D eigenvalue weighted by Crippen LogP contribution is -2.29. The molecule has 118 valence electrons. The van der Waals surface area contributed by atoms with Crippen LogP contribution in [-0.4, -0.2) is 26.0 Å². The van der Waals surface area contributed by atoms with Gasteiger partial charge in [-0.2, -0.15) is 0 Å². The lowest BCUT2D eigenvalue weighted by molar-refractivity contribution is 0.0691. The molecule has 0 aromatic heterocycles. The summed E-state index contributed by atoms with van der Waals surface area (Å²) in [7, 11) is -3.85. The van der Waals surface area contributed by atoms with Gasteiger partial charge in [0.2, 0.25) is 10.0 Å². The van der Waals surface area contributed by atoms with Gasteiger partial charge in [-0.3, -0.25) is 0 Å². The number of aromatic carboxylic acids is 1. The Balaban J connectivity index is 3.12. The number of carboxylic acids is 1. The molecule has 0 aliphatic heterocycles. The number of sulfonamides is 1. The maximum atomic E-state index is 13.6. The molecular weight excluding hydrogens is 297 g/mol. The standard InChI is InChI=1S/C14H20FNO4S/c1-4-10(5-2)8-16-21(19,20)11-6-9(3)13(15)12(7-11)14(17)18/h6-7,10,16H,4-5,8H2,1-3H3,(H,17,18). The van der Waals surface area contributed by atoms with Crippen LogP contribution in [0, 0.1) is 18.7 Å². The third-order valence-electron chi connectivity index (χ3n) is 3.49. The van der Waals surface area contributed by atoms with Crippen LogP contribution in [0.15, 0.2) is 17.0 Å². The number of aryl methyl sites for hydroxylation is 1. The monoisotopic (exact) mass is 317 g/mol. The van der Waals surface area contributed by atoms with Gasteiger partial charge in [-0.15, -0.1) is 0 Å². The van der Waals surface area contributed by atoms with Crippen LogP contribution >= 0.6 is 0 Å². The number of nitrogens with one attached hydrogen (secondary N) is 1. The van der Waals surface area contributed by atoms with Crippen molar-refractivity contribution in [3.8, 4) is 0 Å². The average molecular weight is 317 g/mol. The maximum Gasteiger partial charge on any atom is 0.338 e. The van der Waals surface area contributed by atoms with Crippen LogP contribution in [0.1, 0.15) is 42.6 Å². The predicted octanol–water partition coefficient (Wildman–Crippen LogP) is 2.55. The third-order valence-corrected chi connectivity index (χ3v) is 4.89. The van der Waals surface area contributed by atoms with Gasteiger partial charge in [-0.1, -0.05) is 26.7 Å². The molecule has 1 rings (SSSR count). The molecule has 0 atom stereocenters. The first-order chi connectivity index (χ1) is 9.72. The highest BCUT2D eigenvalue weighted by Crippen LogP contribution is 2.19. The van der Waals surface area contributed by atoms with Gasteiger partial charge in [-0.05, 0) is 30.5 Å². The van der Waals surface area contributed by atoms with Crippen molar-refractivity contribution in [2.24, 2.45) is 5.92 Å². The minimum atomic E-state index is -3.85. The number of halogens is 1. The number of carboxylic acid groups (broad SMARTS) is 1. The van der Waals surface area contributed by atoms with Crippen molar-refractivity contribution in [3.63, 3.8) is 0 Å². The zero-order chi connectivity index (χ0) is 16.2. The molecule has 0 heterocycles. The van der Waals surface area contributed by atoms with Crippen LogP contribution in [0.2, 0.25) is 0 Å². The molecule has 0 unspecified atom stereocenters. The van der Waals surface area contributed by atoms with Crippen LogP contribution < -0.4 is 4.72 Å². The minimum absolute atomic E-state index is 0.0159. The van der Waals surface area contributed by atoms with E-state index in [2.05, 4.69) is 4.72 Å². The third kappa shape index (κ3) is 4.25. The van der Waals surface area contributed by atoms with E-state index in [0.717, 1.165) is 25.0 Å². The Kier molecular flexibility index (Phi) is 5.86. The second-order valence-corrected chi connectivity index (χ2v) is 6.71. The van der Waals surface area contributed by atoms with Gasteiger partial charge in [0.15, 0.2) is 0 Å². The summed E-state index contributed by atoms with van der Waals surface area (Å²) in [5.74, 6) is -2.20. The fourth-order valence-corrected chi connectivity index (χ4v) is 3.16. The zero-order valence-electron chi connectivity index (χ0n) is 12.3. The molecule has 7 heteroatoms. The fraction of sp³-hybridized carbons (Fsp3) is 0.500. The van der Waals surface area contributed by atoms with Gasteiger partial charge in [0.1, 0.15) is 5.82 Å².